The summed E-state index contributed by atoms with van der Waals surface area (Å²) >= 11 is 0. The van der Waals surface area contributed by atoms with Gasteiger partial charge in [0.15, 0.2) is 0 Å². The van der Waals surface area contributed by atoms with Gasteiger partial charge in [-0.25, -0.2) is 0 Å². The van der Waals surface area contributed by atoms with Gasteiger partial charge < -0.3 is 4.74 Å². The summed E-state index contributed by atoms with van der Waals surface area (Å²) in [7, 11) is 0. The molecule has 0 N–H and O–H groups in total. The SMILES string of the molecule is Cc1ccc(C(C)CCC(C)OC(C)CCC(C)c2ccc(C)c(C)c2)cc1C. The van der Waals surface area contributed by atoms with Crippen LogP contribution in [0.4, 0.5) is 0 Å². The molecule has 4 unspecified atom stereocenters. The van der Waals surface area contributed by atoms with E-state index in [4.69, 9.17) is 4.74 Å². The first-order chi connectivity index (χ1) is 13.7. The van der Waals surface area contributed by atoms with E-state index in [1.54, 1.807) is 0 Å². The molecule has 0 aliphatic rings. The van der Waals surface area contributed by atoms with Crippen LogP contribution >= 0.6 is 0 Å². The molecule has 4 atom stereocenters. The summed E-state index contributed by atoms with van der Waals surface area (Å²) in [5.41, 5.74) is 8.45. The molecule has 0 saturated heterocycles. The molecule has 0 saturated carbocycles. The second kappa shape index (κ2) is 11.0. The fourth-order valence-corrected chi connectivity index (χ4v) is 3.98. The van der Waals surface area contributed by atoms with E-state index in [1.165, 1.54) is 46.2 Å². The molecule has 0 radical (unpaired) electrons. The lowest BCUT2D eigenvalue weighted by atomic mass is 9.92. The highest BCUT2D eigenvalue weighted by atomic mass is 16.5. The van der Waals surface area contributed by atoms with E-state index in [0.717, 1.165) is 12.8 Å². The van der Waals surface area contributed by atoms with Crippen LogP contribution in [0.15, 0.2) is 36.4 Å². The van der Waals surface area contributed by atoms with Crippen LogP contribution in [0.2, 0.25) is 0 Å². The van der Waals surface area contributed by atoms with Crippen molar-refractivity contribution in [3.8, 4) is 0 Å². The van der Waals surface area contributed by atoms with E-state index in [-0.39, 0.29) is 0 Å². The molecule has 2 aromatic rings. The number of hydrogen-bond donors (Lipinski definition) is 0. The molecule has 2 aromatic carbocycles. The Balaban J connectivity index is 1.74. The third-order valence-corrected chi connectivity index (χ3v) is 6.68. The molecule has 0 bridgehead atoms. The average Bonchev–Trinajstić information content (AvgIpc) is 2.68. The highest BCUT2D eigenvalue weighted by Gasteiger charge is 2.14. The fraction of sp³-hybridized carbons (Fsp3) is 0.571. The predicted octanol–water partition coefficient (Wildman–Crippen LogP) is 8.18. The van der Waals surface area contributed by atoms with Gasteiger partial charge in [-0.05, 0) is 112 Å². The van der Waals surface area contributed by atoms with Crippen molar-refractivity contribution in [2.45, 2.75) is 105 Å². The third-order valence-electron chi connectivity index (χ3n) is 6.68. The van der Waals surface area contributed by atoms with Gasteiger partial charge in [0.25, 0.3) is 0 Å². The molecule has 0 aromatic heterocycles. The Bertz CT molecular complexity index is 710. The van der Waals surface area contributed by atoms with E-state index >= 15 is 0 Å². The van der Waals surface area contributed by atoms with Gasteiger partial charge in [0.05, 0.1) is 12.2 Å². The first kappa shape index (κ1) is 23.7. The molecule has 0 fully saturated rings. The largest absolute Gasteiger partial charge is 0.376 e. The van der Waals surface area contributed by atoms with Crippen molar-refractivity contribution in [1.82, 2.24) is 0 Å². The molecule has 160 valence electrons. The van der Waals surface area contributed by atoms with Crippen molar-refractivity contribution in [2.75, 3.05) is 0 Å². The topological polar surface area (TPSA) is 9.23 Å². The second-order valence-electron chi connectivity index (χ2n) is 9.40. The van der Waals surface area contributed by atoms with E-state index in [9.17, 15) is 0 Å². The number of aryl methyl sites for hydroxylation is 4. The molecule has 0 spiro atoms. The van der Waals surface area contributed by atoms with Gasteiger partial charge in [0.2, 0.25) is 0 Å². The van der Waals surface area contributed by atoms with Crippen molar-refractivity contribution in [3.63, 3.8) is 0 Å². The van der Waals surface area contributed by atoms with Crippen LogP contribution < -0.4 is 0 Å². The Kier molecular flexibility index (Phi) is 8.96. The van der Waals surface area contributed by atoms with Crippen LogP contribution in [0.25, 0.3) is 0 Å². The Morgan fingerprint density at radius 1 is 0.552 bits per heavy atom. The zero-order valence-corrected chi connectivity index (χ0v) is 20.0. The zero-order valence-electron chi connectivity index (χ0n) is 20.0. The molecule has 0 aliphatic carbocycles. The Morgan fingerprint density at radius 2 is 0.931 bits per heavy atom. The van der Waals surface area contributed by atoms with Gasteiger partial charge in [0, 0.05) is 0 Å². The maximum atomic E-state index is 6.31. The van der Waals surface area contributed by atoms with E-state index in [0.29, 0.717) is 24.0 Å². The number of rotatable bonds is 10. The molecule has 0 heterocycles. The van der Waals surface area contributed by atoms with Crippen molar-refractivity contribution >= 4 is 0 Å². The number of ether oxygens (including phenoxy) is 1. The minimum atomic E-state index is 0.316. The highest BCUT2D eigenvalue weighted by Crippen LogP contribution is 2.26. The number of benzene rings is 2. The monoisotopic (exact) mass is 394 g/mol. The van der Waals surface area contributed by atoms with Crippen LogP contribution in [0.1, 0.15) is 98.6 Å². The smallest absolute Gasteiger partial charge is 0.0550 e. The lowest BCUT2D eigenvalue weighted by Crippen LogP contribution is -2.18. The van der Waals surface area contributed by atoms with Crippen molar-refractivity contribution in [3.05, 3.63) is 69.8 Å². The van der Waals surface area contributed by atoms with E-state index in [2.05, 4.69) is 91.8 Å². The highest BCUT2D eigenvalue weighted by molar-refractivity contribution is 5.32. The molecule has 0 amide bonds. The zero-order chi connectivity index (χ0) is 21.6. The molecule has 1 heteroatoms. The summed E-state index contributed by atoms with van der Waals surface area (Å²) in [6, 6.07) is 13.8. The predicted molar refractivity (Wildman–Crippen MR) is 127 cm³/mol. The quantitative estimate of drug-likeness (QED) is 0.395. The number of hydrogen-bond acceptors (Lipinski definition) is 1. The van der Waals surface area contributed by atoms with Crippen molar-refractivity contribution in [2.24, 2.45) is 0 Å². The van der Waals surface area contributed by atoms with Crippen LogP contribution in [-0.2, 0) is 4.74 Å². The second-order valence-corrected chi connectivity index (χ2v) is 9.40. The summed E-state index contributed by atoms with van der Waals surface area (Å²) in [5.74, 6) is 1.17. The lowest BCUT2D eigenvalue weighted by Gasteiger charge is -2.22. The third kappa shape index (κ3) is 7.30. The fourth-order valence-electron chi connectivity index (χ4n) is 3.98. The summed E-state index contributed by atoms with van der Waals surface area (Å²) in [6.45, 7) is 17.9. The van der Waals surface area contributed by atoms with E-state index in [1.807, 2.05) is 0 Å². The summed E-state index contributed by atoms with van der Waals surface area (Å²) in [6.07, 6.45) is 5.22. The van der Waals surface area contributed by atoms with Gasteiger partial charge in [-0.3, -0.25) is 0 Å². The van der Waals surface area contributed by atoms with Gasteiger partial charge in [0.1, 0.15) is 0 Å². The average molecular weight is 395 g/mol. The standard InChI is InChI=1S/C28H42O/c1-19-11-15-27(17-23(19)5)21(3)9-13-25(7)29-26(8)14-10-22(4)28-16-12-20(2)24(6)18-28/h11-12,15-18,21-22,25-26H,9-10,13-14H2,1-8H3. The van der Waals surface area contributed by atoms with E-state index < -0.39 is 0 Å². The van der Waals surface area contributed by atoms with Crippen LogP contribution in [0, 0.1) is 27.7 Å². The first-order valence-corrected chi connectivity index (χ1v) is 11.5. The van der Waals surface area contributed by atoms with Crippen LogP contribution in [-0.4, -0.2) is 12.2 Å². The van der Waals surface area contributed by atoms with Gasteiger partial charge >= 0.3 is 0 Å². The molecule has 1 nitrogen and oxygen atoms in total. The van der Waals surface area contributed by atoms with Gasteiger partial charge in [-0.1, -0.05) is 50.2 Å². The minimum absolute atomic E-state index is 0.316. The first-order valence-electron chi connectivity index (χ1n) is 11.5. The lowest BCUT2D eigenvalue weighted by molar-refractivity contribution is -0.00311. The summed E-state index contributed by atoms with van der Waals surface area (Å²) < 4.78 is 6.31. The summed E-state index contributed by atoms with van der Waals surface area (Å²) in [5, 5.41) is 0. The molecular weight excluding hydrogens is 352 g/mol. The maximum Gasteiger partial charge on any atom is 0.0550 e. The summed E-state index contributed by atoms with van der Waals surface area (Å²) in [4.78, 5) is 0. The Morgan fingerprint density at radius 3 is 1.28 bits per heavy atom. The van der Waals surface area contributed by atoms with Crippen LogP contribution in [0.5, 0.6) is 0 Å². The maximum absolute atomic E-state index is 6.31. The Hall–Kier alpha value is -1.60. The molecule has 29 heavy (non-hydrogen) atoms. The van der Waals surface area contributed by atoms with Gasteiger partial charge in [-0.2, -0.15) is 0 Å². The normalized spacial score (nSPS) is 15.7. The van der Waals surface area contributed by atoms with Crippen molar-refractivity contribution < 1.29 is 4.74 Å². The molecule has 0 aliphatic heterocycles. The minimum Gasteiger partial charge on any atom is -0.376 e. The molecule has 2 rings (SSSR count). The Labute approximate surface area is 179 Å². The van der Waals surface area contributed by atoms with Crippen molar-refractivity contribution in [1.29, 1.82) is 0 Å². The van der Waals surface area contributed by atoms with Crippen LogP contribution in [0.3, 0.4) is 0 Å². The molecular formula is C28H42O. The van der Waals surface area contributed by atoms with Gasteiger partial charge in [-0.15, -0.1) is 0 Å².